The zero-order valence-corrected chi connectivity index (χ0v) is 8.01. The van der Waals surface area contributed by atoms with Gasteiger partial charge in [0.15, 0.2) is 0 Å². The fourth-order valence-corrected chi connectivity index (χ4v) is 1.90. The minimum absolute atomic E-state index is 0.205. The maximum absolute atomic E-state index is 9.06. The first-order valence-electron chi connectivity index (χ1n) is 3.97. The highest BCUT2D eigenvalue weighted by Crippen LogP contribution is 2.26. The third-order valence-corrected chi connectivity index (χ3v) is 2.73. The molecule has 2 nitrogen and oxygen atoms in total. The molecule has 0 spiro atoms. The van der Waals surface area contributed by atoms with E-state index in [2.05, 4.69) is 11.9 Å². The summed E-state index contributed by atoms with van der Waals surface area (Å²) in [5, 5.41) is 11.1. The number of aryl methyl sites for hydroxylation is 1. The number of hydrogen-bond acceptors (Lipinski definition) is 3. The van der Waals surface area contributed by atoms with Gasteiger partial charge in [-0.1, -0.05) is 0 Å². The van der Waals surface area contributed by atoms with Gasteiger partial charge in [0.2, 0.25) is 0 Å². The molecule has 0 aliphatic rings. The molecule has 1 N–H and O–H groups in total. The lowest BCUT2D eigenvalue weighted by Crippen LogP contribution is -1.80. The number of pyridine rings is 1. The zero-order chi connectivity index (χ0) is 9.26. The van der Waals surface area contributed by atoms with Gasteiger partial charge in [0, 0.05) is 10.4 Å². The molecule has 0 saturated heterocycles. The van der Waals surface area contributed by atoms with Gasteiger partial charge in [0.1, 0.15) is 5.75 Å². The lowest BCUT2D eigenvalue weighted by atomic mass is 10.2. The molecule has 2 heterocycles. The molecule has 0 bridgehead atoms. The van der Waals surface area contributed by atoms with Crippen LogP contribution >= 0.6 is 11.3 Å². The fraction of sp³-hybridized carbons (Fsp3) is 0.100. The summed E-state index contributed by atoms with van der Waals surface area (Å²) in [6.07, 6.45) is 1.46. The van der Waals surface area contributed by atoms with Crippen molar-refractivity contribution >= 4 is 11.3 Å². The third-order valence-electron chi connectivity index (χ3n) is 1.88. The van der Waals surface area contributed by atoms with Crippen molar-refractivity contribution in [2.45, 2.75) is 6.92 Å². The van der Waals surface area contributed by atoms with Gasteiger partial charge in [-0.25, -0.2) is 0 Å². The van der Waals surface area contributed by atoms with Gasteiger partial charge in [-0.3, -0.25) is 4.98 Å². The summed E-state index contributed by atoms with van der Waals surface area (Å²) in [6.45, 7) is 2.06. The monoisotopic (exact) mass is 191 g/mol. The fourth-order valence-electron chi connectivity index (χ4n) is 1.20. The average molecular weight is 191 g/mol. The Morgan fingerprint density at radius 2 is 2.15 bits per heavy atom. The van der Waals surface area contributed by atoms with Gasteiger partial charge < -0.3 is 5.11 Å². The zero-order valence-electron chi connectivity index (χ0n) is 7.19. The molecular formula is C10H9NOS. The van der Waals surface area contributed by atoms with Crippen LogP contribution in [0, 0.1) is 6.92 Å². The molecular weight excluding hydrogens is 182 g/mol. The van der Waals surface area contributed by atoms with Crippen LogP contribution in [0.15, 0.2) is 29.8 Å². The predicted molar refractivity (Wildman–Crippen MR) is 54.0 cm³/mol. The van der Waals surface area contributed by atoms with Crippen molar-refractivity contribution < 1.29 is 5.11 Å². The van der Waals surface area contributed by atoms with E-state index in [0.29, 0.717) is 0 Å². The van der Waals surface area contributed by atoms with Crippen LogP contribution in [0.5, 0.6) is 5.75 Å². The van der Waals surface area contributed by atoms with Crippen LogP contribution in [-0.2, 0) is 0 Å². The Kier molecular flexibility index (Phi) is 2.02. The molecule has 0 aromatic carbocycles. The number of aromatic hydroxyl groups is 1. The van der Waals surface area contributed by atoms with E-state index in [-0.39, 0.29) is 5.75 Å². The van der Waals surface area contributed by atoms with Crippen LogP contribution in [0.4, 0.5) is 0 Å². The van der Waals surface area contributed by atoms with Gasteiger partial charge in [-0.2, -0.15) is 0 Å². The number of nitrogens with zero attached hydrogens (tertiary/aromatic N) is 1. The van der Waals surface area contributed by atoms with Gasteiger partial charge in [0.05, 0.1) is 11.9 Å². The predicted octanol–water partition coefficient (Wildman–Crippen LogP) is 2.82. The number of hydrogen-bond donors (Lipinski definition) is 1. The van der Waals surface area contributed by atoms with Crippen LogP contribution in [0.3, 0.4) is 0 Å². The van der Waals surface area contributed by atoms with Crippen molar-refractivity contribution in [2.24, 2.45) is 0 Å². The Balaban J connectivity index is 2.47. The topological polar surface area (TPSA) is 33.1 Å². The number of rotatable bonds is 1. The Hall–Kier alpha value is -1.35. The van der Waals surface area contributed by atoms with Crippen molar-refractivity contribution in [3.05, 3.63) is 34.7 Å². The second kappa shape index (κ2) is 3.18. The van der Waals surface area contributed by atoms with E-state index in [0.717, 1.165) is 11.3 Å². The van der Waals surface area contributed by atoms with Crippen molar-refractivity contribution in [3.63, 3.8) is 0 Å². The van der Waals surface area contributed by atoms with E-state index in [4.69, 9.17) is 5.11 Å². The first-order chi connectivity index (χ1) is 6.27. The largest absolute Gasteiger partial charge is 0.506 e. The second-order valence-corrected chi connectivity index (χ2v) is 3.91. The summed E-state index contributed by atoms with van der Waals surface area (Å²) in [6, 6.07) is 5.52. The van der Waals surface area contributed by atoms with Crippen LogP contribution in [0.1, 0.15) is 4.88 Å². The van der Waals surface area contributed by atoms with E-state index in [1.54, 1.807) is 17.4 Å². The summed E-state index contributed by atoms with van der Waals surface area (Å²) >= 11 is 1.70. The minimum atomic E-state index is 0.205. The van der Waals surface area contributed by atoms with Crippen molar-refractivity contribution in [2.75, 3.05) is 0 Å². The van der Waals surface area contributed by atoms with Gasteiger partial charge in [-0.05, 0) is 30.5 Å². The van der Waals surface area contributed by atoms with Crippen LogP contribution in [0.25, 0.3) is 11.3 Å². The first-order valence-corrected chi connectivity index (χ1v) is 4.85. The van der Waals surface area contributed by atoms with Gasteiger partial charge in [-0.15, -0.1) is 11.3 Å². The molecule has 0 unspecified atom stereocenters. The van der Waals surface area contributed by atoms with Crippen LogP contribution < -0.4 is 0 Å². The van der Waals surface area contributed by atoms with E-state index in [1.807, 2.05) is 17.5 Å². The summed E-state index contributed by atoms with van der Waals surface area (Å²) < 4.78 is 0. The first kappa shape index (κ1) is 8.26. The SMILES string of the molecule is Cc1sccc1-c1ccc(O)cn1. The van der Waals surface area contributed by atoms with Gasteiger partial charge in [0.25, 0.3) is 0 Å². The molecule has 3 heteroatoms. The van der Waals surface area contributed by atoms with Crippen molar-refractivity contribution in [3.8, 4) is 17.0 Å². The molecule has 13 heavy (non-hydrogen) atoms. The van der Waals surface area contributed by atoms with Crippen LogP contribution in [0.2, 0.25) is 0 Å². The normalized spacial score (nSPS) is 10.2. The highest BCUT2D eigenvalue weighted by molar-refractivity contribution is 7.10. The molecule has 2 aromatic heterocycles. The smallest absolute Gasteiger partial charge is 0.133 e. The number of thiophene rings is 1. The average Bonchev–Trinajstić information content (AvgIpc) is 2.53. The molecule has 0 amide bonds. The van der Waals surface area contributed by atoms with E-state index in [1.165, 1.54) is 11.1 Å². The molecule has 0 fully saturated rings. The Bertz CT molecular complexity index is 405. The summed E-state index contributed by atoms with van der Waals surface area (Å²) in [7, 11) is 0. The molecule has 0 aliphatic heterocycles. The van der Waals surface area contributed by atoms with E-state index < -0.39 is 0 Å². The van der Waals surface area contributed by atoms with Gasteiger partial charge >= 0.3 is 0 Å². The Morgan fingerprint density at radius 3 is 2.69 bits per heavy atom. The maximum Gasteiger partial charge on any atom is 0.133 e. The summed E-state index contributed by atoms with van der Waals surface area (Å²) in [4.78, 5) is 5.39. The summed E-state index contributed by atoms with van der Waals surface area (Å²) in [5.41, 5.74) is 2.06. The van der Waals surface area contributed by atoms with Crippen LogP contribution in [-0.4, -0.2) is 10.1 Å². The van der Waals surface area contributed by atoms with E-state index >= 15 is 0 Å². The lowest BCUT2D eigenvalue weighted by molar-refractivity contribution is 0.473. The quantitative estimate of drug-likeness (QED) is 0.751. The third kappa shape index (κ3) is 1.55. The number of aromatic nitrogens is 1. The maximum atomic E-state index is 9.06. The Labute approximate surface area is 80.5 Å². The van der Waals surface area contributed by atoms with E-state index in [9.17, 15) is 0 Å². The van der Waals surface area contributed by atoms with Crippen molar-refractivity contribution in [1.29, 1.82) is 0 Å². The van der Waals surface area contributed by atoms with Crippen molar-refractivity contribution in [1.82, 2.24) is 4.98 Å². The standard InChI is InChI=1S/C10H9NOS/c1-7-9(4-5-13-7)10-3-2-8(12)6-11-10/h2-6,12H,1H3. The second-order valence-electron chi connectivity index (χ2n) is 2.79. The molecule has 2 aromatic rings. The summed E-state index contributed by atoms with van der Waals surface area (Å²) in [5.74, 6) is 0.205. The molecule has 66 valence electrons. The lowest BCUT2D eigenvalue weighted by Gasteiger charge is -1.98. The molecule has 0 atom stereocenters. The molecule has 0 saturated carbocycles. The highest BCUT2D eigenvalue weighted by atomic mass is 32.1. The molecule has 0 radical (unpaired) electrons. The minimum Gasteiger partial charge on any atom is -0.506 e. The highest BCUT2D eigenvalue weighted by Gasteiger charge is 2.03. The Morgan fingerprint density at radius 1 is 1.31 bits per heavy atom. The molecule has 0 aliphatic carbocycles. The molecule has 2 rings (SSSR count).